The summed E-state index contributed by atoms with van der Waals surface area (Å²) in [5, 5.41) is 5.13. The fraction of sp³-hybridized carbons (Fsp3) is 0.263. The van der Waals surface area contributed by atoms with Crippen LogP contribution in [0.5, 0.6) is 17.2 Å². The Balaban J connectivity index is 1.49. The topological polar surface area (TPSA) is 85.9 Å². The molecule has 3 rings (SSSR count). The fourth-order valence-electron chi connectivity index (χ4n) is 2.36. The lowest BCUT2D eigenvalue weighted by Gasteiger charge is -2.08. The minimum Gasteiger partial charge on any atom is -0.494 e. The van der Waals surface area contributed by atoms with Crippen LogP contribution in [0.4, 0.5) is 5.69 Å². The maximum Gasteiger partial charge on any atom is 0.313 e. The minimum atomic E-state index is -0.729. The summed E-state index contributed by atoms with van der Waals surface area (Å²) < 4.78 is 16.0. The number of carbonyl (C=O) groups excluding carboxylic acids is 2. The summed E-state index contributed by atoms with van der Waals surface area (Å²) in [6.45, 7) is 3.06. The predicted molar refractivity (Wildman–Crippen MR) is 95.3 cm³/mol. The van der Waals surface area contributed by atoms with Crippen LogP contribution in [-0.4, -0.2) is 25.2 Å². The molecule has 2 amide bonds. The molecule has 26 heavy (non-hydrogen) atoms. The third kappa shape index (κ3) is 4.44. The van der Waals surface area contributed by atoms with Crippen molar-refractivity contribution in [1.82, 2.24) is 5.32 Å². The van der Waals surface area contributed by atoms with E-state index in [2.05, 4.69) is 10.6 Å². The molecule has 2 N–H and O–H groups in total. The van der Waals surface area contributed by atoms with Gasteiger partial charge in [0.25, 0.3) is 0 Å². The standard InChI is InChI=1S/C19H20N2O5/c1-2-9-24-15-6-4-14(5-7-15)21-19(23)18(22)20-11-13-3-8-16-17(10-13)26-12-25-16/h3-8,10H,2,9,11-12H2,1H3,(H,20,22)(H,21,23). The smallest absolute Gasteiger partial charge is 0.313 e. The van der Waals surface area contributed by atoms with E-state index in [4.69, 9.17) is 14.2 Å². The molecule has 7 nitrogen and oxygen atoms in total. The summed E-state index contributed by atoms with van der Waals surface area (Å²) >= 11 is 0. The molecular formula is C19H20N2O5. The lowest BCUT2D eigenvalue weighted by Crippen LogP contribution is -2.34. The van der Waals surface area contributed by atoms with E-state index >= 15 is 0 Å². The third-order valence-corrected chi connectivity index (χ3v) is 3.68. The number of anilines is 1. The van der Waals surface area contributed by atoms with E-state index in [0.717, 1.165) is 17.7 Å². The molecule has 0 saturated carbocycles. The van der Waals surface area contributed by atoms with Gasteiger partial charge in [0.1, 0.15) is 5.75 Å². The van der Waals surface area contributed by atoms with Crippen molar-refractivity contribution in [2.75, 3.05) is 18.7 Å². The second kappa shape index (κ2) is 8.24. The van der Waals surface area contributed by atoms with Crippen molar-refractivity contribution in [3.8, 4) is 17.2 Å². The van der Waals surface area contributed by atoms with Crippen LogP contribution in [0.25, 0.3) is 0 Å². The Morgan fingerprint density at radius 2 is 1.81 bits per heavy atom. The molecule has 0 bridgehead atoms. The lowest BCUT2D eigenvalue weighted by atomic mass is 10.2. The largest absolute Gasteiger partial charge is 0.494 e. The molecule has 1 heterocycles. The van der Waals surface area contributed by atoms with E-state index in [1.807, 2.05) is 6.92 Å². The van der Waals surface area contributed by atoms with Gasteiger partial charge in [-0.2, -0.15) is 0 Å². The van der Waals surface area contributed by atoms with Gasteiger partial charge in [0.2, 0.25) is 6.79 Å². The zero-order valence-electron chi connectivity index (χ0n) is 14.4. The summed E-state index contributed by atoms with van der Waals surface area (Å²) in [4.78, 5) is 23.9. The van der Waals surface area contributed by atoms with Gasteiger partial charge in [-0.1, -0.05) is 13.0 Å². The number of carbonyl (C=O) groups is 2. The predicted octanol–water partition coefficient (Wildman–Crippen LogP) is 2.46. The van der Waals surface area contributed by atoms with Gasteiger partial charge in [0.05, 0.1) is 6.61 Å². The number of rotatable bonds is 6. The van der Waals surface area contributed by atoms with Crippen molar-refractivity contribution in [3.05, 3.63) is 48.0 Å². The molecule has 2 aromatic carbocycles. The molecule has 0 saturated heterocycles. The minimum absolute atomic E-state index is 0.190. The number of ether oxygens (including phenoxy) is 3. The van der Waals surface area contributed by atoms with Crippen LogP contribution in [0.2, 0.25) is 0 Å². The zero-order valence-corrected chi connectivity index (χ0v) is 14.4. The molecule has 1 aliphatic heterocycles. The van der Waals surface area contributed by atoms with Crippen molar-refractivity contribution < 1.29 is 23.8 Å². The molecule has 1 aliphatic rings. The zero-order chi connectivity index (χ0) is 18.4. The fourth-order valence-corrected chi connectivity index (χ4v) is 2.36. The number of hydrogen-bond acceptors (Lipinski definition) is 5. The molecule has 2 aromatic rings. The maximum atomic E-state index is 12.0. The first-order chi connectivity index (χ1) is 12.7. The summed E-state index contributed by atoms with van der Waals surface area (Å²) in [5.41, 5.74) is 1.34. The van der Waals surface area contributed by atoms with Gasteiger partial charge in [-0.05, 0) is 48.4 Å². The lowest BCUT2D eigenvalue weighted by molar-refractivity contribution is -0.136. The SMILES string of the molecule is CCCOc1ccc(NC(=O)C(=O)NCc2ccc3c(c2)OCO3)cc1. The van der Waals surface area contributed by atoms with E-state index in [1.54, 1.807) is 42.5 Å². The Labute approximate surface area is 151 Å². The highest BCUT2D eigenvalue weighted by Gasteiger charge is 2.16. The van der Waals surface area contributed by atoms with E-state index in [-0.39, 0.29) is 13.3 Å². The molecule has 136 valence electrons. The van der Waals surface area contributed by atoms with Crippen molar-refractivity contribution in [1.29, 1.82) is 0 Å². The molecule has 0 aliphatic carbocycles. The Kier molecular flexibility index (Phi) is 5.58. The number of hydrogen-bond donors (Lipinski definition) is 2. The average Bonchev–Trinajstić information content (AvgIpc) is 3.13. The number of benzene rings is 2. The molecule has 0 atom stereocenters. The quantitative estimate of drug-likeness (QED) is 0.777. The van der Waals surface area contributed by atoms with E-state index in [1.165, 1.54) is 0 Å². The van der Waals surface area contributed by atoms with Crippen LogP contribution >= 0.6 is 0 Å². The highest BCUT2D eigenvalue weighted by molar-refractivity contribution is 6.39. The molecule has 0 spiro atoms. The Hall–Kier alpha value is -3.22. The van der Waals surface area contributed by atoms with Gasteiger partial charge < -0.3 is 24.8 Å². The first kappa shape index (κ1) is 17.6. The van der Waals surface area contributed by atoms with E-state index < -0.39 is 11.8 Å². The normalized spacial score (nSPS) is 11.7. The van der Waals surface area contributed by atoms with Gasteiger partial charge in [0.15, 0.2) is 11.5 Å². The van der Waals surface area contributed by atoms with E-state index in [9.17, 15) is 9.59 Å². The Morgan fingerprint density at radius 1 is 1.04 bits per heavy atom. The Bertz CT molecular complexity index is 789. The van der Waals surface area contributed by atoms with Crippen LogP contribution in [0.15, 0.2) is 42.5 Å². The third-order valence-electron chi connectivity index (χ3n) is 3.68. The summed E-state index contributed by atoms with van der Waals surface area (Å²) in [7, 11) is 0. The summed E-state index contributed by atoms with van der Waals surface area (Å²) in [6.07, 6.45) is 0.919. The van der Waals surface area contributed by atoms with Crippen molar-refractivity contribution >= 4 is 17.5 Å². The molecule has 0 radical (unpaired) electrons. The Morgan fingerprint density at radius 3 is 2.58 bits per heavy atom. The first-order valence-corrected chi connectivity index (χ1v) is 8.36. The molecular weight excluding hydrogens is 336 g/mol. The number of fused-ring (bicyclic) bond motifs is 1. The van der Waals surface area contributed by atoms with Crippen LogP contribution < -0.4 is 24.8 Å². The molecule has 0 fully saturated rings. The van der Waals surface area contributed by atoms with Gasteiger partial charge in [-0.25, -0.2) is 0 Å². The molecule has 0 unspecified atom stereocenters. The van der Waals surface area contributed by atoms with Crippen molar-refractivity contribution in [2.45, 2.75) is 19.9 Å². The molecule has 7 heteroatoms. The first-order valence-electron chi connectivity index (χ1n) is 8.36. The van der Waals surface area contributed by atoms with Crippen LogP contribution in [-0.2, 0) is 16.1 Å². The molecule has 0 aromatic heterocycles. The summed E-state index contributed by atoms with van der Waals surface area (Å²) in [5.74, 6) is 0.579. The van der Waals surface area contributed by atoms with Gasteiger partial charge in [0, 0.05) is 12.2 Å². The second-order valence-electron chi connectivity index (χ2n) is 5.70. The highest BCUT2D eigenvalue weighted by atomic mass is 16.7. The van der Waals surface area contributed by atoms with Gasteiger partial charge in [-0.3, -0.25) is 9.59 Å². The van der Waals surface area contributed by atoms with Crippen molar-refractivity contribution in [2.24, 2.45) is 0 Å². The number of nitrogens with one attached hydrogen (secondary N) is 2. The van der Waals surface area contributed by atoms with Crippen molar-refractivity contribution in [3.63, 3.8) is 0 Å². The van der Waals surface area contributed by atoms with Crippen LogP contribution in [0, 0.1) is 0 Å². The average molecular weight is 356 g/mol. The number of amides is 2. The second-order valence-corrected chi connectivity index (χ2v) is 5.70. The van der Waals surface area contributed by atoms with Crippen LogP contribution in [0.3, 0.4) is 0 Å². The maximum absolute atomic E-state index is 12.0. The van der Waals surface area contributed by atoms with E-state index in [0.29, 0.717) is 23.8 Å². The van der Waals surface area contributed by atoms with Crippen LogP contribution in [0.1, 0.15) is 18.9 Å². The summed E-state index contributed by atoms with van der Waals surface area (Å²) in [6, 6.07) is 12.2. The monoisotopic (exact) mass is 356 g/mol. The van der Waals surface area contributed by atoms with Gasteiger partial charge in [-0.15, -0.1) is 0 Å². The van der Waals surface area contributed by atoms with Gasteiger partial charge >= 0.3 is 11.8 Å². The highest BCUT2D eigenvalue weighted by Crippen LogP contribution is 2.32.